The predicted octanol–water partition coefficient (Wildman–Crippen LogP) is 1.92. The molecule has 150 valence electrons. The molecule has 0 saturated heterocycles. The van der Waals surface area contributed by atoms with Gasteiger partial charge in [0.2, 0.25) is 5.91 Å². The molecule has 3 aromatic rings. The first-order valence-corrected chi connectivity index (χ1v) is 9.04. The summed E-state index contributed by atoms with van der Waals surface area (Å²) in [6.45, 7) is 1.27. The highest BCUT2D eigenvalue weighted by Gasteiger charge is 2.18. The first-order chi connectivity index (χ1) is 13.8. The number of hydrogen-bond donors (Lipinski definition) is 4. The number of benzene rings is 2. The minimum absolute atomic E-state index is 0.105. The van der Waals surface area contributed by atoms with Crippen LogP contribution in [0.3, 0.4) is 0 Å². The van der Waals surface area contributed by atoms with Crippen molar-refractivity contribution in [3.05, 3.63) is 60.3 Å². The molecule has 8 nitrogen and oxygen atoms in total. The number of para-hydroxylation sites is 1. The first-order valence-electron chi connectivity index (χ1n) is 9.04. The van der Waals surface area contributed by atoms with Crippen LogP contribution >= 0.6 is 0 Å². The lowest BCUT2D eigenvalue weighted by Crippen LogP contribution is -2.37. The van der Waals surface area contributed by atoms with Gasteiger partial charge in [-0.25, -0.2) is 0 Å². The summed E-state index contributed by atoms with van der Waals surface area (Å²) in [5.74, 6) is -1.97. The average Bonchev–Trinajstić information content (AvgIpc) is 3.02. The zero-order valence-electron chi connectivity index (χ0n) is 16.1. The Kier molecular flexibility index (Phi) is 5.94. The van der Waals surface area contributed by atoms with Crippen LogP contribution in [0.2, 0.25) is 0 Å². The van der Waals surface area contributed by atoms with Gasteiger partial charge >= 0.3 is 11.8 Å². The van der Waals surface area contributed by atoms with Crippen molar-refractivity contribution in [2.75, 3.05) is 17.2 Å². The molecule has 1 atom stereocenters. The number of aryl methyl sites for hydroxylation is 1. The van der Waals surface area contributed by atoms with E-state index in [1.165, 1.54) is 13.0 Å². The number of anilines is 2. The normalized spacial score (nSPS) is 11.7. The van der Waals surface area contributed by atoms with Gasteiger partial charge in [-0.3, -0.25) is 14.4 Å². The second kappa shape index (κ2) is 8.57. The van der Waals surface area contributed by atoms with Gasteiger partial charge in [0, 0.05) is 54.6 Å². The molecule has 0 fully saturated rings. The maximum atomic E-state index is 12.1. The molecule has 0 aliphatic heterocycles. The maximum absolute atomic E-state index is 12.1. The number of carbonyl (C=O) groups is 3. The van der Waals surface area contributed by atoms with E-state index < -0.39 is 17.9 Å². The zero-order chi connectivity index (χ0) is 21.0. The van der Waals surface area contributed by atoms with Gasteiger partial charge in [-0.2, -0.15) is 0 Å². The van der Waals surface area contributed by atoms with Crippen LogP contribution in [0.4, 0.5) is 11.4 Å². The molecule has 0 bridgehead atoms. The van der Waals surface area contributed by atoms with E-state index in [4.69, 9.17) is 0 Å². The van der Waals surface area contributed by atoms with Gasteiger partial charge in [-0.1, -0.05) is 24.3 Å². The van der Waals surface area contributed by atoms with Crippen LogP contribution < -0.4 is 16.0 Å². The summed E-state index contributed by atoms with van der Waals surface area (Å²) in [6.07, 6.45) is 0.843. The van der Waals surface area contributed by atoms with Crippen LogP contribution in [-0.4, -0.2) is 33.9 Å². The Labute approximate surface area is 167 Å². The SMILES string of the molecule is CC(=O)Nc1cccc(NC(=O)C(=O)NCC(O)c2cn(C)c3ccccc23)c1. The Morgan fingerprint density at radius 1 is 1.00 bits per heavy atom. The van der Waals surface area contributed by atoms with Crippen molar-refractivity contribution in [1.82, 2.24) is 9.88 Å². The smallest absolute Gasteiger partial charge is 0.313 e. The third kappa shape index (κ3) is 4.80. The topological polar surface area (TPSA) is 112 Å². The number of fused-ring (bicyclic) bond motifs is 1. The van der Waals surface area contributed by atoms with Crippen LogP contribution in [0.1, 0.15) is 18.6 Å². The largest absolute Gasteiger partial charge is 0.386 e. The summed E-state index contributed by atoms with van der Waals surface area (Å²) in [5.41, 5.74) is 2.50. The Bertz CT molecular complexity index is 1070. The van der Waals surface area contributed by atoms with Gasteiger partial charge in [0.05, 0.1) is 6.10 Å². The standard InChI is InChI=1S/C21H22N4O4/c1-13(26)23-14-6-5-7-15(10-14)24-21(29)20(28)22-11-19(27)17-12-25(2)18-9-4-3-8-16(17)18/h3-10,12,19,27H,11H2,1-2H3,(H,22,28)(H,23,26)(H,24,29). The molecule has 1 aromatic heterocycles. The van der Waals surface area contributed by atoms with Gasteiger partial charge in [0.25, 0.3) is 0 Å². The van der Waals surface area contributed by atoms with E-state index >= 15 is 0 Å². The zero-order valence-corrected chi connectivity index (χ0v) is 16.1. The summed E-state index contributed by atoms with van der Waals surface area (Å²) >= 11 is 0. The van der Waals surface area contributed by atoms with E-state index in [-0.39, 0.29) is 12.5 Å². The average molecular weight is 394 g/mol. The lowest BCUT2D eigenvalue weighted by atomic mass is 10.1. The molecule has 3 amide bonds. The molecule has 4 N–H and O–H groups in total. The lowest BCUT2D eigenvalue weighted by molar-refractivity contribution is -0.136. The number of nitrogens with zero attached hydrogens (tertiary/aromatic N) is 1. The summed E-state index contributed by atoms with van der Waals surface area (Å²) in [5, 5.41) is 18.9. The summed E-state index contributed by atoms with van der Waals surface area (Å²) < 4.78 is 1.89. The molecule has 0 radical (unpaired) electrons. The first kappa shape index (κ1) is 20.1. The van der Waals surface area contributed by atoms with Gasteiger partial charge in [0.1, 0.15) is 0 Å². The molecule has 0 aliphatic carbocycles. The van der Waals surface area contributed by atoms with Crippen molar-refractivity contribution < 1.29 is 19.5 Å². The van der Waals surface area contributed by atoms with E-state index in [2.05, 4.69) is 16.0 Å². The fraction of sp³-hybridized carbons (Fsp3) is 0.190. The van der Waals surface area contributed by atoms with Crippen molar-refractivity contribution in [2.45, 2.75) is 13.0 Å². The number of aliphatic hydroxyl groups excluding tert-OH is 1. The summed E-state index contributed by atoms with van der Waals surface area (Å²) in [4.78, 5) is 35.3. The molecule has 0 aliphatic rings. The molecular formula is C21H22N4O4. The lowest BCUT2D eigenvalue weighted by Gasteiger charge is -2.12. The number of carbonyl (C=O) groups excluding carboxylic acids is 3. The minimum Gasteiger partial charge on any atom is -0.386 e. The van der Waals surface area contributed by atoms with Crippen molar-refractivity contribution in [1.29, 1.82) is 0 Å². The quantitative estimate of drug-likeness (QED) is 0.495. The van der Waals surface area contributed by atoms with Gasteiger partial charge in [-0.05, 0) is 24.3 Å². The molecule has 29 heavy (non-hydrogen) atoms. The number of rotatable bonds is 5. The Balaban J connectivity index is 1.60. The Morgan fingerprint density at radius 2 is 1.69 bits per heavy atom. The van der Waals surface area contributed by atoms with Crippen molar-refractivity contribution in [2.24, 2.45) is 7.05 Å². The van der Waals surface area contributed by atoms with Crippen LogP contribution in [-0.2, 0) is 21.4 Å². The highest BCUT2D eigenvalue weighted by atomic mass is 16.3. The molecule has 0 saturated carbocycles. The van der Waals surface area contributed by atoms with E-state index in [1.54, 1.807) is 24.4 Å². The molecule has 0 spiro atoms. The second-order valence-corrected chi connectivity index (χ2v) is 6.65. The third-order valence-electron chi connectivity index (χ3n) is 4.39. The number of hydrogen-bond acceptors (Lipinski definition) is 4. The van der Waals surface area contributed by atoms with Crippen molar-refractivity contribution >= 4 is 40.0 Å². The highest BCUT2D eigenvalue weighted by molar-refractivity contribution is 6.39. The van der Waals surface area contributed by atoms with Crippen molar-refractivity contribution in [3.8, 4) is 0 Å². The van der Waals surface area contributed by atoms with Gasteiger partial charge < -0.3 is 25.6 Å². The van der Waals surface area contributed by atoms with Gasteiger partial charge in [0.15, 0.2) is 0 Å². The summed E-state index contributed by atoms with van der Waals surface area (Å²) in [7, 11) is 1.87. The molecule has 2 aromatic carbocycles. The van der Waals surface area contributed by atoms with E-state index in [0.717, 1.165) is 10.9 Å². The van der Waals surface area contributed by atoms with E-state index in [9.17, 15) is 19.5 Å². The second-order valence-electron chi connectivity index (χ2n) is 6.65. The fourth-order valence-electron chi connectivity index (χ4n) is 3.08. The monoisotopic (exact) mass is 394 g/mol. The minimum atomic E-state index is -0.957. The van der Waals surface area contributed by atoms with Crippen LogP contribution in [0.5, 0.6) is 0 Å². The Hall–Kier alpha value is -3.65. The molecule has 3 rings (SSSR count). The Morgan fingerprint density at radius 3 is 2.41 bits per heavy atom. The number of aromatic nitrogens is 1. The summed E-state index contributed by atoms with van der Waals surface area (Å²) in [6, 6.07) is 14.1. The third-order valence-corrected chi connectivity index (χ3v) is 4.39. The molecule has 8 heteroatoms. The number of amides is 3. The van der Waals surface area contributed by atoms with Crippen molar-refractivity contribution in [3.63, 3.8) is 0 Å². The predicted molar refractivity (Wildman–Crippen MR) is 110 cm³/mol. The van der Waals surface area contributed by atoms with Crippen LogP contribution in [0, 0.1) is 0 Å². The number of nitrogens with one attached hydrogen (secondary N) is 3. The molecule has 1 unspecified atom stereocenters. The van der Waals surface area contributed by atoms with E-state index in [0.29, 0.717) is 16.9 Å². The molecule has 1 heterocycles. The maximum Gasteiger partial charge on any atom is 0.313 e. The number of aliphatic hydroxyl groups is 1. The fourth-order valence-corrected chi connectivity index (χ4v) is 3.08. The van der Waals surface area contributed by atoms with Gasteiger partial charge in [-0.15, -0.1) is 0 Å². The van der Waals surface area contributed by atoms with E-state index in [1.807, 2.05) is 35.9 Å². The molecular weight excluding hydrogens is 372 g/mol. The van der Waals surface area contributed by atoms with Crippen LogP contribution in [0.25, 0.3) is 10.9 Å². The van der Waals surface area contributed by atoms with Crippen LogP contribution in [0.15, 0.2) is 54.7 Å². The highest BCUT2D eigenvalue weighted by Crippen LogP contribution is 2.25.